The molecule has 146 valence electrons. The maximum absolute atomic E-state index is 12.4. The summed E-state index contributed by atoms with van der Waals surface area (Å²) in [5.41, 5.74) is 2.54. The quantitative estimate of drug-likeness (QED) is 0.866. The number of benzene rings is 2. The molecular weight excluding hydrogens is 356 g/mol. The highest BCUT2D eigenvalue weighted by atomic mass is 16.6. The Morgan fingerprint density at radius 1 is 1.00 bits per heavy atom. The molecule has 0 unspecified atom stereocenters. The second-order valence-electron chi connectivity index (χ2n) is 7.03. The summed E-state index contributed by atoms with van der Waals surface area (Å²) < 4.78 is 11.1. The zero-order valence-corrected chi connectivity index (χ0v) is 15.8. The molecule has 0 spiro atoms. The zero-order valence-electron chi connectivity index (χ0n) is 15.8. The van der Waals surface area contributed by atoms with E-state index in [9.17, 15) is 9.59 Å². The van der Waals surface area contributed by atoms with E-state index in [4.69, 9.17) is 9.47 Å². The molecule has 6 nitrogen and oxygen atoms in total. The van der Waals surface area contributed by atoms with E-state index in [-0.39, 0.29) is 11.8 Å². The molecule has 0 aliphatic carbocycles. The van der Waals surface area contributed by atoms with Gasteiger partial charge in [0, 0.05) is 30.8 Å². The maximum Gasteiger partial charge on any atom is 0.251 e. The van der Waals surface area contributed by atoms with Crippen molar-refractivity contribution in [2.75, 3.05) is 31.2 Å². The molecular formula is C22H24N2O4. The molecule has 2 aliphatic rings. The van der Waals surface area contributed by atoms with Gasteiger partial charge in [-0.25, -0.2) is 0 Å². The SMILES string of the molecule is O=C(NCCc1ccc2c(c1)OCCO2)c1ccc(N2CCCCC2=O)cc1. The first-order chi connectivity index (χ1) is 13.7. The number of amides is 2. The Balaban J connectivity index is 1.31. The molecule has 28 heavy (non-hydrogen) atoms. The third-order valence-electron chi connectivity index (χ3n) is 5.07. The van der Waals surface area contributed by atoms with Crippen molar-refractivity contribution in [3.05, 3.63) is 53.6 Å². The van der Waals surface area contributed by atoms with Crippen molar-refractivity contribution < 1.29 is 19.1 Å². The predicted molar refractivity (Wildman–Crippen MR) is 106 cm³/mol. The molecule has 0 radical (unpaired) electrons. The van der Waals surface area contributed by atoms with Gasteiger partial charge in [0.1, 0.15) is 13.2 Å². The van der Waals surface area contributed by atoms with Crippen molar-refractivity contribution in [3.63, 3.8) is 0 Å². The molecule has 4 rings (SSSR count). The molecule has 2 aromatic carbocycles. The van der Waals surface area contributed by atoms with E-state index in [1.807, 2.05) is 30.3 Å². The number of piperidine rings is 1. The lowest BCUT2D eigenvalue weighted by Gasteiger charge is -2.26. The Kier molecular flexibility index (Phi) is 5.46. The van der Waals surface area contributed by atoms with E-state index >= 15 is 0 Å². The van der Waals surface area contributed by atoms with Gasteiger partial charge in [-0.2, -0.15) is 0 Å². The highest BCUT2D eigenvalue weighted by molar-refractivity contribution is 5.96. The average molecular weight is 380 g/mol. The number of anilines is 1. The number of carbonyl (C=O) groups is 2. The van der Waals surface area contributed by atoms with Crippen LogP contribution in [0.4, 0.5) is 5.69 Å². The molecule has 2 aromatic rings. The Morgan fingerprint density at radius 2 is 1.79 bits per heavy atom. The number of ether oxygens (including phenoxy) is 2. The lowest BCUT2D eigenvalue weighted by molar-refractivity contribution is -0.119. The van der Waals surface area contributed by atoms with E-state index in [1.165, 1.54) is 0 Å². The number of nitrogens with zero attached hydrogens (tertiary/aromatic N) is 1. The van der Waals surface area contributed by atoms with Crippen LogP contribution in [0.1, 0.15) is 35.2 Å². The summed E-state index contributed by atoms with van der Waals surface area (Å²) in [7, 11) is 0. The van der Waals surface area contributed by atoms with Gasteiger partial charge in [-0.3, -0.25) is 9.59 Å². The largest absolute Gasteiger partial charge is 0.486 e. The first-order valence-electron chi connectivity index (χ1n) is 9.78. The number of carbonyl (C=O) groups excluding carboxylic acids is 2. The van der Waals surface area contributed by atoms with E-state index in [1.54, 1.807) is 17.0 Å². The lowest BCUT2D eigenvalue weighted by atomic mass is 10.1. The van der Waals surface area contributed by atoms with Crippen LogP contribution in [0.5, 0.6) is 11.5 Å². The van der Waals surface area contributed by atoms with E-state index in [0.717, 1.165) is 42.1 Å². The Morgan fingerprint density at radius 3 is 2.57 bits per heavy atom. The summed E-state index contributed by atoms with van der Waals surface area (Å²) in [6.45, 7) is 2.42. The van der Waals surface area contributed by atoms with Crippen molar-refractivity contribution >= 4 is 17.5 Å². The minimum Gasteiger partial charge on any atom is -0.486 e. The van der Waals surface area contributed by atoms with Crippen molar-refractivity contribution in [1.82, 2.24) is 5.32 Å². The van der Waals surface area contributed by atoms with Gasteiger partial charge in [0.2, 0.25) is 5.91 Å². The molecule has 1 fully saturated rings. The van der Waals surface area contributed by atoms with Gasteiger partial charge in [-0.05, 0) is 61.2 Å². The summed E-state index contributed by atoms with van der Waals surface area (Å²) in [5, 5.41) is 2.94. The van der Waals surface area contributed by atoms with Gasteiger partial charge in [-0.15, -0.1) is 0 Å². The summed E-state index contributed by atoms with van der Waals surface area (Å²) in [4.78, 5) is 26.2. The Bertz CT molecular complexity index is 863. The van der Waals surface area contributed by atoms with Crippen LogP contribution in [0.25, 0.3) is 0 Å². The van der Waals surface area contributed by atoms with E-state index in [2.05, 4.69) is 5.32 Å². The molecule has 2 aliphatic heterocycles. The third kappa shape index (κ3) is 4.11. The standard InChI is InChI=1S/C22H24N2O4/c25-21-3-1-2-12-24(21)18-7-5-17(6-8-18)22(26)23-11-10-16-4-9-19-20(15-16)28-14-13-27-19/h4-9,15H,1-3,10-14H2,(H,23,26). The van der Waals surface area contributed by atoms with Gasteiger partial charge in [-0.1, -0.05) is 6.07 Å². The Labute approximate surface area is 164 Å². The molecule has 1 N–H and O–H groups in total. The van der Waals surface area contributed by atoms with Crippen molar-refractivity contribution in [2.45, 2.75) is 25.7 Å². The number of fused-ring (bicyclic) bond motifs is 1. The molecule has 0 aromatic heterocycles. The van der Waals surface area contributed by atoms with Gasteiger partial charge in [0.05, 0.1) is 0 Å². The summed E-state index contributed by atoms with van der Waals surface area (Å²) in [6.07, 6.45) is 3.29. The topological polar surface area (TPSA) is 67.9 Å². The van der Waals surface area contributed by atoms with Gasteiger partial charge < -0.3 is 19.7 Å². The second kappa shape index (κ2) is 8.33. The average Bonchev–Trinajstić information content (AvgIpc) is 2.74. The first-order valence-corrected chi connectivity index (χ1v) is 9.78. The van der Waals surface area contributed by atoms with Crippen LogP contribution in [0.3, 0.4) is 0 Å². The number of rotatable bonds is 5. The minimum atomic E-state index is -0.117. The third-order valence-corrected chi connectivity index (χ3v) is 5.07. The van der Waals surface area contributed by atoms with Crippen LogP contribution in [-0.2, 0) is 11.2 Å². The molecule has 2 heterocycles. The van der Waals surface area contributed by atoms with Crippen LogP contribution in [0.2, 0.25) is 0 Å². The molecule has 0 saturated carbocycles. The first kappa shape index (κ1) is 18.3. The van der Waals surface area contributed by atoms with E-state index in [0.29, 0.717) is 38.2 Å². The molecule has 2 amide bonds. The van der Waals surface area contributed by atoms with Crippen LogP contribution >= 0.6 is 0 Å². The van der Waals surface area contributed by atoms with Crippen LogP contribution < -0.4 is 19.7 Å². The normalized spacial score (nSPS) is 16.0. The Hall–Kier alpha value is -3.02. The van der Waals surface area contributed by atoms with E-state index < -0.39 is 0 Å². The van der Waals surface area contributed by atoms with Crippen molar-refractivity contribution in [2.24, 2.45) is 0 Å². The van der Waals surface area contributed by atoms with Crippen LogP contribution in [0, 0.1) is 0 Å². The monoisotopic (exact) mass is 380 g/mol. The summed E-state index contributed by atoms with van der Waals surface area (Å²) >= 11 is 0. The molecule has 1 saturated heterocycles. The smallest absolute Gasteiger partial charge is 0.251 e. The summed E-state index contributed by atoms with van der Waals surface area (Å²) in [6, 6.07) is 13.1. The van der Waals surface area contributed by atoms with Gasteiger partial charge >= 0.3 is 0 Å². The fourth-order valence-electron chi connectivity index (χ4n) is 3.54. The molecule has 0 atom stereocenters. The van der Waals surface area contributed by atoms with Gasteiger partial charge in [0.25, 0.3) is 5.91 Å². The molecule has 0 bridgehead atoms. The van der Waals surface area contributed by atoms with Crippen LogP contribution in [-0.4, -0.2) is 38.1 Å². The number of hydrogen-bond donors (Lipinski definition) is 1. The highest BCUT2D eigenvalue weighted by Crippen LogP contribution is 2.30. The second-order valence-corrected chi connectivity index (χ2v) is 7.03. The van der Waals surface area contributed by atoms with Crippen molar-refractivity contribution in [3.8, 4) is 11.5 Å². The van der Waals surface area contributed by atoms with Gasteiger partial charge in [0.15, 0.2) is 11.5 Å². The van der Waals surface area contributed by atoms with Crippen LogP contribution in [0.15, 0.2) is 42.5 Å². The van der Waals surface area contributed by atoms with Crippen molar-refractivity contribution in [1.29, 1.82) is 0 Å². The predicted octanol–water partition coefficient (Wildman–Crippen LogP) is 2.95. The number of hydrogen-bond acceptors (Lipinski definition) is 4. The summed E-state index contributed by atoms with van der Waals surface area (Å²) in [5.74, 6) is 1.57. The zero-order chi connectivity index (χ0) is 19.3. The maximum atomic E-state index is 12.4. The molecule has 6 heteroatoms. The highest BCUT2D eigenvalue weighted by Gasteiger charge is 2.19. The number of nitrogens with one attached hydrogen (secondary N) is 1. The minimum absolute atomic E-state index is 0.117. The fraction of sp³-hybridized carbons (Fsp3) is 0.364. The lowest BCUT2D eigenvalue weighted by Crippen LogP contribution is -2.35. The fourth-order valence-corrected chi connectivity index (χ4v) is 3.54.